The van der Waals surface area contributed by atoms with E-state index in [1.807, 2.05) is 56.3 Å². The first-order chi connectivity index (χ1) is 12.4. The molecule has 2 aromatic carbocycles. The number of hydrogen-bond donors (Lipinski definition) is 2. The molecule has 0 aliphatic heterocycles. The van der Waals surface area contributed by atoms with Crippen LogP contribution in [0, 0.1) is 20.8 Å². The summed E-state index contributed by atoms with van der Waals surface area (Å²) >= 11 is 6.16. The number of amides is 1. The second kappa shape index (κ2) is 7.54. The first kappa shape index (κ1) is 17.9. The van der Waals surface area contributed by atoms with Crippen LogP contribution in [-0.2, 0) is 0 Å². The average Bonchev–Trinajstić information content (AvgIpc) is 2.59. The Kier molecular flexibility index (Phi) is 5.19. The van der Waals surface area contributed by atoms with Crippen molar-refractivity contribution < 1.29 is 4.79 Å². The third-order valence-electron chi connectivity index (χ3n) is 3.82. The highest BCUT2D eigenvalue weighted by atomic mass is 35.5. The van der Waals surface area contributed by atoms with Crippen LogP contribution in [0.4, 0.5) is 17.2 Å². The van der Waals surface area contributed by atoms with Gasteiger partial charge in [-0.25, -0.2) is 9.97 Å². The largest absolute Gasteiger partial charge is 0.340 e. The summed E-state index contributed by atoms with van der Waals surface area (Å²) in [4.78, 5) is 21.1. The fourth-order valence-electron chi connectivity index (χ4n) is 2.40. The first-order valence-electron chi connectivity index (χ1n) is 8.17. The molecule has 1 amide bonds. The number of benzene rings is 2. The predicted molar refractivity (Wildman–Crippen MR) is 105 cm³/mol. The molecule has 132 valence electrons. The van der Waals surface area contributed by atoms with E-state index in [1.165, 1.54) is 0 Å². The van der Waals surface area contributed by atoms with Gasteiger partial charge in [-0.15, -0.1) is 0 Å². The number of halogens is 1. The quantitative estimate of drug-likeness (QED) is 0.678. The molecule has 5 nitrogen and oxygen atoms in total. The number of aryl methyl sites for hydroxylation is 3. The zero-order chi connectivity index (χ0) is 18.7. The van der Waals surface area contributed by atoms with E-state index in [2.05, 4.69) is 20.6 Å². The third-order valence-corrected chi connectivity index (χ3v) is 4.23. The first-order valence-corrected chi connectivity index (χ1v) is 8.55. The minimum atomic E-state index is -0.288. The van der Waals surface area contributed by atoms with E-state index in [1.54, 1.807) is 13.0 Å². The van der Waals surface area contributed by atoms with Crippen molar-refractivity contribution in [3.63, 3.8) is 0 Å². The summed E-state index contributed by atoms with van der Waals surface area (Å²) in [5, 5.41) is 6.67. The lowest BCUT2D eigenvalue weighted by Gasteiger charge is -2.10. The van der Waals surface area contributed by atoms with E-state index >= 15 is 0 Å². The van der Waals surface area contributed by atoms with Crippen molar-refractivity contribution in [2.45, 2.75) is 20.8 Å². The van der Waals surface area contributed by atoms with Crippen LogP contribution in [0.2, 0.25) is 5.02 Å². The SMILES string of the molecule is Cc1ccc(NC(=O)c2cc(Nc3ccc(C)c(Cl)c3)nc(C)n2)cc1. The van der Waals surface area contributed by atoms with Crippen LogP contribution in [0.1, 0.15) is 27.4 Å². The highest BCUT2D eigenvalue weighted by molar-refractivity contribution is 6.31. The van der Waals surface area contributed by atoms with Crippen LogP contribution in [0.25, 0.3) is 0 Å². The van der Waals surface area contributed by atoms with E-state index in [9.17, 15) is 4.79 Å². The molecule has 2 N–H and O–H groups in total. The molecular formula is C20H19ClN4O. The number of hydrogen-bond acceptors (Lipinski definition) is 4. The molecule has 1 heterocycles. The molecule has 0 aliphatic rings. The van der Waals surface area contributed by atoms with Crippen molar-refractivity contribution in [2.24, 2.45) is 0 Å². The molecule has 0 unspecified atom stereocenters. The molecule has 0 saturated carbocycles. The lowest BCUT2D eigenvalue weighted by atomic mass is 10.2. The highest BCUT2D eigenvalue weighted by Crippen LogP contribution is 2.23. The van der Waals surface area contributed by atoms with Gasteiger partial charge in [0.25, 0.3) is 5.91 Å². The van der Waals surface area contributed by atoms with Crippen LogP contribution >= 0.6 is 11.6 Å². The van der Waals surface area contributed by atoms with Crippen molar-refractivity contribution in [3.05, 3.63) is 76.2 Å². The number of carbonyl (C=O) groups is 1. The van der Waals surface area contributed by atoms with Crippen molar-refractivity contribution >= 4 is 34.7 Å². The average molecular weight is 367 g/mol. The second-order valence-corrected chi connectivity index (χ2v) is 6.50. The van der Waals surface area contributed by atoms with Crippen LogP contribution in [0.3, 0.4) is 0 Å². The van der Waals surface area contributed by atoms with E-state index in [0.29, 0.717) is 22.4 Å². The Balaban J connectivity index is 1.81. The molecular weight excluding hydrogens is 348 g/mol. The molecule has 0 aliphatic carbocycles. The molecule has 0 bridgehead atoms. The Morgan fingerprint density at radius 1 is 0.923 bits per heavy atom. The Labute approximate surface area is 157 Å². The van der Waals surface area contributed by atoms with Gasteiger partial charge in [-0.1, -0.05) is 35.4 Å². The summed E-state index contributed by atoms with van der Waals surface area (Å²) in [5.41, 5.74) is 3.93. The summed E-state index contributed by atoms with van der Waals surface area (Å²) in [6.07, 6.45) is 0. The number of anilines is 3. The molecule has 6 heteroatoms. The fraction of sp³-hybridized carbons (Fsp3) is 0.150. The summed E-state index contributed by atoms with van der Waals surface area (Å²) in [5.74, 6) is 0.748. The number of aromatic nitrogens is 2. The summed E-state index contributed by atoms with van der Waals surface area (Å²) in [6.45, 7) is 5.68. The summed E-state index contributed by atoms with van der Waals surface area (Å²) in [7, 11) is 0. The summed E-state index contributed by atoms with van der Waals surface area (Å²) < 4.78 is 0. The molecule has 0 radical (unpaired) electrons. The van der Waals surface area contributed by atoms with Gasteiger partial charge in [0.2, 0.25) is 0 Å². The zero-order valence-corrected chi connectivity index (χ0v) is 15.6. The number of carbonyl (C=O) groups excluding carboxylic acids is 1. The molecule has 0 saturated heterocycles. The Morgan fingerprint density at radius 2 is 1.62 bits per heavy atom. The molecule has 0 spiro atoms. The Morgan fingerprint density at radius 3 is 2.31 bits per heavy atom. The van der Waals surface area contributed by atoms with E-state index in [4.69, 9.17) is 11.6 Å². The highest BCUT2D eigenvalue weighted by Gasteiger charge is 2.11. The number of nitrogens with zero attached hydrogens (tertiary/aromatic N) is 2. The van der Waals surface area contributed by atoms with Gasteiger partial charge in [0, 0.05) is 22.5 Å². The van der Waals surface area contributed by atoms with Gasteiger partial charge in [-0.2, -0.15) is 0 Å². The van der Waals surface area contributed by atoms with Crippen LogP contribution < -0.4 is 10.6 Å². The van der Waals surface area contributed by atoms with E-state index in [-0.39, 0.29) is 5.91 Å². The normalized spacial score (nSPS) is 10.5. The molecule has 3 rings (SSSR count). The molecule has 3 aromatic rings. The van der Waals surface area contributed by atoms with Crippen LogP contribution in [-0.4, -0.2) is 15.9 Å². The van der Waals surface area contributed by atoms with Gasteiger partial charge in [0.05, 0.1) is 0 Å². The number of nitrogens with one attached hydrogen (secondary N) is 2. The molecule has 1 aromatic heterocycles. The van der Waals surface area contributed by atoms with Crippen LogP contribution in [0.5, 0.6) is 0 Å². The topological polar surface area (TPSA) is 66.9 Å². The maximum Gasteiger partial charge on any atom is 0.274 e. The van der Waals surface area contributed by atoms with Gasteiger partial charge >= 0.3 is 0 Å². The van der Waals surface area contributed by atoms with E-state index < -0.39 is 0 Å². The third kappa shape index (κ3) is 4.37. The Bertz CT molecular complexity index is 955. The van der Waals surface area contributed by atoms with Crippen molar-refractivity contribution in [3.8, 4) is 0 Å². The maximum absolute atomic E-state index is 12.5. The molecule has 0 fully saturated rings. The monoisotopic (exact) mass is 366 g/mol. The maximum atomic E-state index is 12.5. The van der Waals surface area contributed by atoms with Crippen molar-refractivity contribution in [2.75, 3.05) is 10.6 Å². The Hall–Kier alpha value is -2.92. The van der Waals surface area contributed by atoms with E-state index in [0.717, 1.165) is 22.5 Å². The van der Waals surface area contributed by atoms with Gasteiger partial charge in [0.15, 0.2) is 0 Å². The molecule has 26 heavy (non-hydrogen) atoms. The lowest BCUT2D eigenvalue weighted by molar-refractivity contribution is 0.102. The molecule has 0 atom stereocenters. The van der Waals surface area contributed by atoms with Crippen molar-refractivity contribution in [1.82, 2.24) is 9.97 Å². The lowest BCUT2D eigenvalue weighted by Crippen LogP contribution is -2.15. The van der Waals surface area contributed by atoms with Crippen LogP contribution in [0.15, 0.2) is 48.5 Å². The predicted octanol–water partition coefficient (Wildman–Crippen LogP) is 5.05. The zero-order valence-electron chi connectivity index (χ0n) is 14.8. The fourth-order valence-corrected chi connectivity index (χ4v) is 2.58. The van der Waals surface area contributed by atoms with Gasteiger partial charge in [-0.05, 0) is 50.6 Å². The van der Waals surface area contributed by atoms with Gasteiger partial charge < -0.3 is 10.6 Å². The standard InChI is InChI=1S/C20H19ClN4O/c1-12-4-7-15(8-5-12)25-20(26)18-11-19(23-14(3)22-18)24-16-9-6-13(2)17(21)10-16/h4-11H,1-3H3,(H,25,26)(H,22,23,24). The smallest absolute Gasteiger partial charge is 0.274 e. The number of rotatable bonds is 4. The van der Waals surface area contributed by atoms with Gasteiger partial charge in [0.1, 0.15) is 17.3 Å². The second-order valence-electron chi connectivity index (χ2n) is 6.09. The minimum Gasteiger partial charge on any atom is -0.340 e. The summed E-state index contributed by atoms with van der Waals surface area (Å²) in [6, 6.07) is 14.9. The van der Waals surface area contributed by atoms with Gasteiger partial charge in [-0.3, -0.25) is 4.79 Å². The van der Waals surface area contributed by atoms with Crippen molar-refractivity contribution in [1.29, 1.82) is 0 Å². The minimum absolute atomic E-state index is 0.288.